The van der Waals surface area contributed by atoms with Crippen molar-refractivity contribution in [1.82, 2.24) is 5.32 Å². The van der Waals surface area contributed by atoms with Gasteiger partial charge in [-0.1, -0.05) is 35.0 Å². The van der Waals surface area contributed by atoms with E-state index in [1.165, 1.54) is 0 Å². The van der Waals surface area contributed by atoms with E-state index in [0.29, 0.717) is 0 Å². The van der Waals surface area contributed by atoms with Gasteiger partial charge in [-0.3, -0.25) is 0 Å². The second-order valence-electron chi connectivity index (χ2n) is 4.54. The fourth-order valence-electron chi connectivity index (χ4n) is 1.85. The molecule has 2 atom stereocenters. The highest BCUT2D eigenvalue weighted by Gasteiger charge is 2.16. The third-order valence-electron chi connectivity index (χ3n) is 2.83. The van der Waals surface area contributed by atoms with Crippen LogP contribution in [0.4, 0.5) is 0 Å². The van der Waals surface area contributed by atoms with Crippen molar-refractivity contribution in [3.8, 4) is 0 Å². The smallest absolute Gasteiger partial charge is 0.151 e. The first-order valence-electron chi connectivity index (χ1n) is 6.06. The molecule has 1 aromatic rings. The zero-order valence-electron chi connectivity index (χ0n) is 11.0. The maximum atomic E-state index is 11.5. The number of hydrogen-bond acceptors (Lipinski definition) is 3. The molecule has 0 aliphatic heterocycles. The Labute approximate surface area is 118 Å². The van der Waals surface area contributed by atoms with Gasteiger partial charge in [0.15, 0.2) is 9.84 Å². The summed E-state index contributed by atoms with van der Waals surface area (Å²) in [6.07, 6.45) is 0. The molecule has 0 saturated carbocycles. The van der Waals surface area contributed by atoms with Gasteiger partial charge in [0, 0.05) is 22.3 Å². The summed E-state index contributed by atoms with van der Waals surface area (Å²) >= 11 is 3.43. The molecule has 0 heterocycles. The Balaban J connectivity index is 2.62. The molecule has 0 spiro atoms. The number of nitrogens with one attached hydrogen (secondary N) is 1. The van der Waals surface area contributed by atoms with Crippen LogP contribution < -0.4 is 5.32 Å². The summed E-state index contributed by atoms with van der Waals surface area (Å²) in [6.45, 7) is 5.62. The van der Waals surface area contributed by atoms with Gasteiger partial charge in [0.25, 0.3) is 0 Å². The van der Waals surface area contributed by atoms with E-state index in [4.69, 9.17) is 0 Å². The molecule has 102 valence electrons. The molecule has 0 radical (unpaired) electrons. The van der Waals surface area contributed by atoms with Crippen molar-refractivity contribution in [2.45, 2.75) is 32.9 Å². The fourth-order valence-corrected chi connectivity index (χ4v) is 3.36. The summed E-state index contributed by atoms with van der Waals surface area (Å²) in [5.41, 5.74) is 1.14. The molecule has 0 bridgehead atoms. The van der Waals surface area contributed by atoms with E-state index >= 15 is 0 Å². The van der Waals surface area contributed by atoms with E-state index in [0.717, 1.165) is 10.0 Å². The highest BCUT2D eigenvalue weighted by molar-refractivity contribution is 9.10. The van der Waals surface area contributed by atoms with Crippen LogP contribution in [0.15, 0.2) is 28.7 Å². The zero-order valence-corrected chi connectivity index (χ0v) is 13.4. The highest BCUT2D eigenvalue weighted by atomic mass is 79.9. The number of rotatable bonds is 6. The van der Waals surface area contributed by atoms with Crippen molar-refractivity contribution >= 4 is 25.8 Å². The molecule has 1 N–H and O–H groups in total. The number of benzene rings is 1. The Morgan fingerprint density at radius 3 is 2.56 bits per heavy atom. The predicted octanol–water partition coefficient (Wildman–Crippen LogP) is 2.92. The maximum absolute atomic E-state index is 11.5. The van der Waals surface area contributed by atoms with E-state index in [9.17, 15) is 8.42 Å². The Kier molecular flexibility index (Phi) is 5.82. The second kappa shape index (κ2) is 6.68. The zero-order chi connectivity index (χ0) is 13.8. The molecule has 3 nitrogen and oxygen atoms in total. The fraction of sp³-hybridized carbons (Fsp3) is 0.538. The average molecular weight is 334 g/mol. The molecular formula is C13H20BrNO2S. The van der Waals surface area contributed by atoms with Crippen molar-refractivity contribution < 1.29 is 8.42 Å². The number of sulfone groups is 1. The van der Waals surface area contributed by atoms with Crippen LogP contribution in [-0.4, -0.2) is 26.0 Å². The molecule has 1 rings (SSSR count). The first-order chi connectivity index (χ1) is 8.34. The van der Waals surface area contributed by atoms with Crippen molar-refractivity contribution in [1.29, 1.82) is 0 Å². The van der Waals surface area contributed by atoms with Crippen LogP contribution in [0, 0.1) is 0 Å². The molecule has 0 amide bonds. The molecule has 0 fully saturated rings. The average Bonchev–Trinajstić information content (AvgIpc) is 2.28. The van der Waals surface area contributed by atoms with E-state index < -0.39 is 9.84 Å². The monoisotopic (exact) mass is 333 g/mol. The largest absolute Gasteiger partial charge is 0.307 e. The Hall–Kier alpha value is -0.390. The van der Waals surface area contributed by atoms with Crippen LogP contribution in [0.1, 0.15) is 32.4 Å². The molecule has 0 aliphatic carbocycles. The number of hydrogen-bond donors (Lipinski definition) is 1. The van der Waals surface area contributed by atoms with Crippen molar-refractivity contribution in [3.05, 3.63) is 34.3 Å². The van der Waals surface area contributed by atoms with Gasteiger partial charge in [-0.25, -0.2) is 8.42 Å². The van der Waals surface area contributed by atoms with Crippen LogP contribution in [0.3, 0.4) is 0 Å². The molecule has 0 saturated heterocycles. The second-order valence-corrected chi connectivity index (χ2v) is 7.86. The van der Waals surface area contributed by atoms with Crippen LogP contribution in [0.2, 0.25) is 0 Å². The minimum atomic E-state index is -2.93. The lowest BCUT2D eigenvalue weighted by atomic mass is 10.1. The van der Waals surface area contributed by atoms with Gasteiger partial charge in [0.05, 0.1) is 5.75 Å². The SMILES string of the molecule is CCS(=O)(=O)CC(C)N[C@@H](C)c1cccc(Br)c1. The van der Waals surface area contributed by atoms with Crippen LogP contribution in [-0.2, 0) is 9.84 Å². The van der Waals surface area contributed by atoms with Gasteiger partial charge >= 0.3 is 0 Å². The Bertz CT molecular complexity index is 488. The third kappa shape index (κ3) is 5.08. The standard InChI is InChI=1S/C13H20BrNO2S/c1-4-18(16,17)9-10(2)15-11(3)12-6-5-7-13(14)8-12/h5-8,10-11,15H,4,9H2,1-3H3/t10?,11-/m0/s1. The summed E-state index contributed by atoms with van der Waals surface area (Å²) in [4.78, 5) is 0. The molecular weight excluding hydrogens is 314 g/mol. The van der Waals surface area contributed by atoms with Crippen LogP contribution >= 0.6 is 15.9 Å². The van der Waals surface area contributed by atoms with Crippen molar-refractivity contribution in [3.63, 3.8) is 0 Å². The van der Waals surface area contributed by atoms with Gasteiger partial charge in [0.2, 0.25) is 0 Å². The molecule has 1 unspecified atom stereocenters. The van der Waals surface area contributed by atoms with Gasteiger partial charge in [-0.2, -0.15) is 0 Å². The third-order valence-corrected chi connectivity index (χ3v) is 5.21. The van der Waals surface area contributed by atoms with E-state index in [-0.39, 0.29) is 23.6 Å². The van der Waals surface area contributed by atoms with Gasteiger partial charge in [0.1, 0.15) is 0 Å². The summed E-state index contributed by atoms with van der Waals surface area (Å²) in [6, 6.07) is 8.10. The van der Waals surface area contributed by atoms with Gasteiger partial charge < -0.3 is 5.32 Å². The molecule has 1 aromatic carbocycles. The van der Waals surface area contributed by atoms with E-state index in [1.807, 2.05) is 38.1 Å². The van der Waals surface area contributed by atoms with Gasteiger partial charge in [-0.05, 0) is 31.5 Å². The molecule has 5 heteroatoms. The van der Waals surface area contributed by atoms with Gasteiger partial charge in [-0.15, -0.1) is 0 Å². The van der Waals surface area contributed by atoms with Crippen LogP contribution in [0.5, 0.6) is 0 Å². The minimum Gasteiger partial charge on any atom is -0.307 e. The lowest BCUT2D eigenvalue weighted by molar-refractivity contribution is 0.499. The van der Waals surface area contributed by atoms with Crippen molar-refractivity contribution in [2.75, 3.05) is 11.5 Å². The highest BCUT2D eigenvalue weighted by Crippen LogP contribution is 2.18. The summed E-state index contributed by atoms with van der Waals surface area (Å²) in [7, 11) is -2.93. The lowest BCUT2D eigenvalue weighted by Gasteiger charge is -2.20. The summed E-state index contributed by atoms with van der Waals surface area (Å²) < 4.78 is 24.1. The first-order valence-corrected chi connectivity index (χ1v) is 8.67. The molecule has 18 heavy (non-hydrogen) atoms. The van der Waals surface area contributed by atoms with Crippen LogP contribution in [0.25, 0.3) is 0 Å². The summed E-state index contributed by atoms with van der Waals surface area (Å²) in [5, 5.41) is 3.31. The molecule has 0 aromatic heterocycles. The quantitative estimate of drug-likeness (QED) is 0.870. The first kappa shape index (κ1) is 15.7. The molecule has 0 aliphatic rings. The Morgan fingerprint density at radius 2 is 2.00 bits per heavy atom. The lowest BCUT2D eigenvalue weighted by Crippen LogP contribution is -2.35. The maximum Gasteiger partial charge on any atom is 0.151 e. The minimum absolute atomic E-state index is 0.0519. The summed E-state index contributed by atoms with van der Waals surface area (Å²) in [5.74, 6) is 0.381. The normalized spacial score (nSPS) is 15.3. The van der Waals surface area contributed by atoms with E-state index in [2.05, 4.69) is 21.2 Å². The topological polar surface area (TPSA) is 46.2 Å². The number of halogens is 1. The van der Waals surface area contributed by atoms with E-state index in [1.54, 1.807) is 6.92 Å². The Morgan fingerprint density at radius 1 is 1.33 bits per heavy atom. The van der Waals surface area contributed by atoms with Crippen molar-refractivity contribution in [2.24, 2.45) is 0 Å². The predicted molar refractivity (Wildman–Crippen MR) is 79.5 cm³/mol.